The van der Waals surface area contributed by atoms with Crippen molar-refractivity contribution in [3.05, 3.63) is 63.7 Å². The summed E-state index contributed by atoms with van der Waals surface area (Å²) in [6.07, 6.45) is -1.83. The minimum atomic E-state index is -3.04. The first-order chi connectivity index (χ1) is 22.5. The van der Waals surface area contributed by atoms with E-state index in [1.807, 2.05) is 19.1 Å². The fourth-order valence-corrected chi connectivity index (χ4v) is 9.57. The summed E-state index contributed by atoms with van der Waals surface area (Å²) in [5.41, 5.74) is -3.66. The quantitative estimate of drug-likeness (QED) is 0.373. The number of Topliss-reactive ketones (excluding diaryl/α,β-unsaturated/α-hetero) is 6. The lowest BCUT2D eigenvalue weighted by Gasteiger charge is -2.65. The van der Waals surface area contributed by atoms with Gasteiger partial charge in [-0.05, 0) is 47.8 Å². The highest BCUT2D eigenvalue weighted by atomic mass is 16.3. The van der Waals surface area contributed by atoms with Crippen molar-refractivity contribution in [2.75, 3.05) is 0 Å². The number of phenols is 1. The number of phenolic OH excluding ortho intramolecular Hbond substituents is 1. The predicted octanol–water partition coefficient (Wildman–Crippen LogP) is 4.58. The minimum Gasteiger partial charge on any atom is -0.507 e. The number of aryl methyl sites for hydroxylation is 1. The minimum absolute atomic E-state index is 0.0971. The van der Waals surface area contributed by atoms with E-state index >= 15 is 0 Å². The van der Waals surface area contributed by atoms with Crippen molar-refractivity contribution in [1.29, 1.82) is 0 Å². The Hall–Kier alpha value is -3.82. The number of fused-ring (bicyclic) bond motifs is 3. The van der Waals surface area contributed by atoms with Crippen molar-refractivity contribution in [2.24, 2.45) is 34.5 Å². The van der Waals surface area contributed by atoms with Crippen LogP contribution in [0.25, 0.3) is 0 Å². The molecule has 3 aliphatic rings. The molecule has 2 aromatic carbocycles. The average Bonchev–Trinajstić information content (AvgIpc) is 2.98. The lowest BCUT2D eigenvalue weighted by atomic mass is 9.37. The van der Waals surface area contributed by atoms with Gasteiger partial charge in [0, 0.05) is 35.2 Å². The van der Waals surface area contributed by atoms with E-state index in [-0.39, 0.29) is 35.2 Å². The first-order valence-electron chi connectivity index (χ1n) is 17.0. The Bertz CT molecular complexity index is 1830. The highest BCUT2D eigenvalue weighted by molar-refractivity contribution is 6.33. The van der Waals surface area contributed by atoms with Crippen molar-refractivity contribution in [3.8, 4) is 5.75 Å². The van der Waals surface area contributed by atoms with Crippen LogP contribution in [0.1, 0.15) is 106 Å². The summed E-state index contributed by atoms with van der Waals surface area (Å²) in [5.74, 6) is -12.1. The van der Waals surface area contributed by atoms with Crippen LogP contribution in [-0.4, -0.2) is 61.7 Å². The van der Waals surface area contributed by atoms with E-state index in [2.05, 4.69) is 26.8 Å². The van der Waals surface area contributed by atoms with Gasteiger partial charge in [0.05, 0.1) is 17.6 Å². The molecule has 0 amide bonds. The van der Waals surface area contributed by atoms with E-state index in [9.17, 15) is 44.1 Å². The number of aromatic hydroxyl groups is 1. The normalized spacial score (nSPS) is 32.9. The monoisotopic (exact) mass is 672 g/mol. The highest BCUT2D eigenvalue weighted by Gasteiger charge is 2.80. The molecule has 9 heteroatoms. The molecule has 49 heavy (non-hydrogen) atoms. The third-order valence-corrected chi connectivity index (χ3v) is 12.2. The number of rotatable bonds is 6. The fraction of sp³-hybridized carbons (Fsp3) is 0.550. The summed E-state index contributed by atoms with van der Waals surface area (Å²) in [4.78, 5) is 82.9. The van der Waals surface area contributed by atoms with Crippen LogP contribution in [0.2, 0.25) is 0 Å². The molecule has 0 radical (unpaired) electrons. The molecular weight excluding hydrogens is 624 g/mol. The van der Waals surface area contributed by atoms with Crippen molar-refractivity contribution >= 4 is 34.7 Å². The SMILES string of the molecule is CC(=O)C1C(=O)C(C(C)C)[C@@]2(C)[C@H](O)[C@]3(C)C(C(=O)c4c(ccc(CC(=O)Cc5ccc(C)cc5C(C)(C)C)c4O)[C@H]3C)C(=O)[C@@]2(O)C1=O. The Kier molecular flexibility index (Phi) is 8.65. The van der Waals surface area contributed by atoms with Gasteiger partial charge in [-0.15, -0.1) is 0 Å². The molecule has 5 rings (SSSR count). The molecule has 0 spiro atoms. The molecule has 0 heterocycles. The summed E-state index contributed by atoms with van der Waals surface area (Å²) in [5, 5.41) is 36.2. The first-order valence-corrected chi connectivity index (χ1v) is 17.0. The van der Waals surface area contributed by atoms with Gasteiger partial charge in [0.1, 0.15) is 23.2 Å². The first kappa shape index (κ1) is 36.5. The second-order valence-electron chi connectivity index (χ2n) is 16.5. The van der Waals surface area contributed by atoms with Gasteiger partial charge < -0.3 is 15.3 Å². The Morgan fingerprint density at radius 2 is 1.51 bits per heavy atom. The van der Waals surface area contributed by atoms with E-state index in [1.54, 1.807) is 32.9 Å². The molecule has 8 atom stereocenters. The van der Waals surface area contributed by atoms with Gasteiger partial charge in [0.2, 0.25) is 0 Å². The Labute approximate surface area is 287 Å². The Morgan fingerprint density at radius 1 is 0.939 bits per heavy atom. The third-order valence-electron chi connectivity index (χ3n) is 12.2. The van der Waals surface area contributed by atoms with Crippen LogP contribution in [0.15, 0.2) is 30.3 Å². The number of hydrogen-bond acceptors (Lipinski definition) is 9. The van der Waals surface area contributed by atoms with Gasteiger partial charge in [0.25, 0.3) is 0 Å². The molecular formula is C40H48O9. The van der Waals surface area contributed by atoms with Gasteiger partial charge >= 0.3 is 0 Å². The summed E-state index contributed by atoms with van der Waals surface area (Å²) >= 11 is 0. The van der Waals surface area contributed by atoms with Crippen LogP contribution in [0.5, 0.6) is 5.75 Å². The van der Waals surface area contributed by atoms with Crippen LogP contribution < -0.4 is 0 Å². The summed E-state index contributed by atoms with van der Waals surface area (Å²) in [6, 6.07) is 9.09. The standard InChI is InChI=1S/C40H48O9/c1-18(2)29-32(44)27(21(5)41)34(46)40(49)35(47)30-33(45)28-25(20(4)38(30,9)36(48)39(29,40)10)14-13-23(31(28)43)17-24(42)16-22-12-11-19(3)15-26(22)37(6,7)8/h11-15,18,20,27,29-30,36,43,48-49H,16-17H2,1-10H3/t20-,27?,29?,30?,36-,38+,39+,40+/m1/s1. The van der Waals surface area contributed by atoms with Crippen LogP contribution in [0.3, 0.4) is 0 Å². The molecule has 2 fully saturated rings. The van der Waals surface area contributed by atoms with Gasteiger partial charge in [-0.3, -0.25) is 28.8 Å². The van der Waals surface area contributed by atoms with Gasteiger partial charge in [0.15, 0.2) is 28.7 Å². The van der Waals surface area contributed by atoms with Crippen LogP contribution in [0, 0.1) is 41.4 Å². The second kappa shape index (κ2) is 11.6. The topological polar surface area (TPSA) is 163 Å². The van der Waals surface area contributed by atoms with E-state index in [0.29, 0.717) is 5.56 Å². The van der Waals surface area contributed by atoms with Crippen LogP contribution >= 0.6 is 0 Å². The maximum absolute atomic E-state index is 14.6. The number of carbonyl (C=O) groups is 6. The number of benzene rings is 2. The molecule has 9 nitrogen and oxygen atoms in total. The molecule has 0 aromatic heterocycles. The molecule has 262 valence electrons. The lowest BCUT2D eigenvalue weighted by molar-refractivity contribution is -0.240. The summed E-state index contributed by atoms with van der Waals surface area (Å²) in [7, 11) is 0. The molecule has 3 unspecified atom stereocenters. The zero-order chi connectivity index (χ0) is 36.9. The number of ketones is 6. The Balaban J connectivity index is 1.60. The van der Waals surface area contributed by atoms with Crippen molar-refractivity contribution < 1.29 is 44.1 Å². The second-order valence-corrected chi connectivity index (χ2v) is 16.5. The zero-order valence-electron chi connectivity index (χ0n) is 30.1. The molecule has 0 aliphatic heterocycles. The number of carbonyl (C=O) groups excluding carboxylic acids is 6. The number of aliphatic hydroxyl groups excluding tert-OH is 1. The van der Waals surface area contributed by atoms with E-state index < -0.39 is 86.8 Å². The maximum Gasteiger partial charge on any atom is 0.191 e. The predicted molar refractivity (Wildman–Crippen MR) is 181 cm³/mol. The zero-order valence-corrected chi connectivity index (χ0v) is 30.1. The largest absolute Gasteiger partial charge is 0.507 e. The van der Waals surface area contributed by atoms with Gasteiger partial charge in [-0.25, -0.2) is 0 Å². The summed E-state index contributed by atoms with van der Waals surface area (Å²) in [6.45, 7) is 17.1. The molecule has 0 saturated heterocycles. The molecule has 3 N–H and O–H groups in total. The highest BCUT2D eigenvalue weighted by Crippen LogP contribution is 2.66. The van der Waals surface area contributed by atoms with E-state index in [1.165, 1.54) is 13.8 Å². The molecule has 2 aromatic rings. The summed E-state index contributed by atoms with van der Waals surface area (Å²) < 4.78 is 0. The number of aliphatic hydroxyl groups is 2. The van der Waals surface area contributed by atoms with Gasteiger partial charge in [-0.2, -0.15) is 0 Å². The Morgan fingerprint density at radius 3 is 2.06 bits per heavy atom. The lowest BCUT2D eigenvalue weighted by Crippen LogP contribution is -2.81. The molecule has 0 bridgehead atoms. The van der Waals surface area contributed by atoms with Crippen molar-refractivity contribution in [2.45, 2.75) is 105 Å². The number of hydrogen-bond donors (Lipinski definition) is 3. The van der Waals surface area contributed by atoms with Gasteiger partial charge in [-0.1, -0.05) is 91.3 Å². The average molecular weight is 673 g/mol. The van der Waals surface area contributed by atoms with Crippen molar-refractivity contribution in [1.82, 2.24) is 0 Å². The van der Waals surface area contributed by atoms with Crippen LogP contribution in [-0.2, 0) is 42.2 Å². The molecule has 3 aliphatic carbocycles. The van der Waals surface area contributed by atoms with Crippen LogP contribution in [0.4, 0.5) is 0 Å². The smallest absolute Gasteiger partial charge is 0.191 e. The fourth-order valence-electron chi connectivity index (χ4n) is 9.57. The molecule has 2 saturated carbocycles. The van der Waals surface area contributed by atoms with E-state index in [0.717, 1.165) is 23.6 Å². The van der Waals surface area contributed by atoms with E-state index in [4.69, 9.17) is 0 Å². The van der Waals surface area contributed by atoms with Crippen molar-refractivity contribution in [3.63, 3.8) is 0 Å². The maximum atomic E-state index is 14.6. The third kappa shape index (κ3) is 4.86.